The van der Waals surface area contributed by atoms with Gasteiger partial charge in [0.25, 0.3) is 0 Å². The van der Waals surface area contributed by atoms with Crippen molar-refractivity contribution in [2.24, 2.45) is 5.73 Å². The normalized spacial score (nSPS) is 12.9. The van der Waals surface area contributed by atoms with Gasteiger partial charge in [-0.2, -0.15) is 0 Å². The first-order valence-corrected chi connectivity index (χ1v) is 6.62. The van der Waals surface area contributed by atoms with E-state index in [4.69, 9.17) is 10.2 Å². The third-order valence-corrected chi connectivity index (χ3v) is 3.62. The summed E-state index contributed by atoms with van der Waals surface area (Å²) in [6.45, 7) is 5.66. The minimum absolute atomic E-state index is 0.214. The maximum atomic E-state index is 6.00. The maximum Gasteiger partial charge on any atom is 0.117 e. The number of nitrogens with two attached hydrogens (primary N) is 1. The van der Waals surface area contributed by atoms with Crippen molar-refractivity contribution in [3.8, 4) is 0 Å². The van der Waals surface area contributed by atoms with Crippen LogP contribution in [0.3, 0.4) is 0 Å². The quantitative estimate of drug-likeness (QED) is 0.896. The maximum absolute atomic E-state index is 6.00. The lowest BCUT2D eigenvalue weighted by Crippen LogP contribution is -2.31. The highest BCUT2D eigenvalue weighted by atomic mass is 16.3. The summed E-state index contributed by atoms with van der Waals surface area (Å²) in [7, 11) is 2.09. The van der Waals surface area contributed by atoms with Crippen molar-refractivity contribution < 1.29 is 4.42 Å². The molecule has 2 N–H and O–H groups in total. The molecule has 102 valence electrons. The molecule has 2 aromatic rings. The first-order valence-electron chi connectivity index (χ1n) is 6.62. The standard InChI is InChI=1S/C16H22N2O/c1-12-6-4-7-13(2)16(12)15(10-17)18(3)11-14-8-5-9-19-14/h4-9,15H,10-11,17H2,1-3H3. The molecule has 0 fully saturated rings. The van der Waals surface area contributed by atoms with Crippen LogP contribution < -0.4 is 5.73 Å². The largest absolute Gasteiger partial charge is 0.468 e. The fourth-order valence-corrected chi connectivity index (χ4v) is 2.63. The lowest BCUT2D eigenvalue weighted by Gasteiger charge is -2.29. The highest BCUT2D eigenvalue weighted by molar-refractivity contribution is 5.36. The van der Waals surface area contributed by atoms with E-state index in [0.717, 1.165) is 12.3 Å². The summed E-state index contributed by atoms with van der Waals surface area (Å²) in [5.41, 5.74) is 9.92. The fraction of sp³-hybridized carbons (Fsp3) is 0.375. The zero-order valence-corrected chi connectivity index (χ0v) is 11.9. The summed E-state index contributed by atoms with van der Waals surface area (Å²) in [5.74, 6) is 0.965. The summed E-state index contributed by atoms with van der Waals surface area (Å²) in [6, 6.07) is 10.5. The van der Waals surface area contributed by atoms with Gasteiger partial charge in [0.2, 0.25) is 0 Å². The van der Waals surface area contributed by atoms with Crippen LogP contribution in [0.2, 0.25) is 0 Å². The number of aryl methyl sites for hydroxylation is 2. The minimum atomic E-state index is 0.214. The molecule has 0 spiro atoms. The molecule has 1 atom stereocenters. The lowest BCUT2D eigenvalue weighted by atomic mass is 9.95. The highest BCUT2D eigenvalue weighted by Crippen LogP contribution is 2.26. The molecule has 3 nitrogen and oxygen atoms in total. The number of benzene rings is 1. The van der Waals surface area contributed by atoms with Crippen LogP contribution in [-0.2, 0) is 6.54 Å². The van der Waals surface area contributed by atoms with Crippen molar-refractivity contribution in [2.45, 2.75) is 26.4 Å². The van der Waals surface area contributed by atoms with Crippen molar-refractivity contribution in [2.75, 3.05) is 13.6 Å². The highest BCUT2D eigenvalue weighted by Gasteiger charge is 2.19. The summed E-state index contributed by atoms with van der Waals surface area (Å²) in [5, 5.41) is 0. The van der Waals surface area contributed by atoms with Gasteiger partial charge in [-0.25, -0.2) is 0 Å². The van der Waals surface area contributed by atoms with E-state index in [1.807, 2.05) is 12.1 Å². The Bertz CT molecular complexity index is 499. The topological polar surface area (TPSA) is 42.4 Å². The molecule has 0 aliphatic heterocycles. The molecular weight excluding hydrogens is 236 g/mol. The number of hydrogen-bond acceptors (Lipinski definition) is 3. The zero-order valence-electron chi connectivity index (χ0n) is 11.9. The van der Waals surface area contributed by atoms with Gasteiger partial charge >= 0.3 is 0 Å². The first-order chi connectivity index (χ1) is 9.13. The molecule has 19 heavy (non-hydrogen) atoms. The molecular formula is C16H22N2O. The molecule has 3 heteroatoms. The van der Waals surface area contributed by atoms with Gasteiger partial charge in [-0.1, -0.05) is 18.2 Å². The smallest absolute Gasteiger partial charge is 0.117 e. The molecule has 2 rings (SSSR count). The summed E-state index contributed by atoms with van der Waals surface area (Å²) < 4.78 is 5.41. The number of nitrogens with zero attached hydrogens (tertiary/aromatic N) is 1. The molecule has 1 unspecified atom stereocenters. The van der Waals surface area contributed by atoms with Gasteiger partial charge in [0, 0.05) is 12.6 Å². The molecule has 0 bridgehead atoms. The molecule has 1 aromatic carbocycles. The van der Waals surface area contributed by atoms with Crippen molar-refractivity contribution in [1.82, 2.24) is 4.90 Å². The Kier molecular flexibility index (Phi) is 4.40. The van der Waals surface area contributed by atoms with Crippen molar-refractivity contribution in [1.29, 1.82) is 0 Å². The zero-order chi connectivity index (χ0) is 13.8. The summed E-state index contributed by atoms with van der Waals surface area (Å²) >= 11 is 0. The number of furan rings is 1. The second kappa shape index (κ2) is 6.04. The van der Waals surface area contributed by atoms with E-state index < -0.39 is 0 Å². The molecule has 0 aliphatic carbocycles. The molecule has 1 heterocycles. The minimum Gasteiger partial charge on any atom is -0.468 e. The molecule has 0 amide bonds. The Labute approximate surface area is 115 Å². The Hall–Kier alpha value is -1.58. The van der Waals surface area contributed by atoms with Crippen LogP contribution >= 0.6 is 0 Å². The first kappa shape index (κ1) is 13.8. The number of likely N-dealkylation sites (N-methyl/N-ethyl adjacent to an activating group) is 1. The Morgan fingerprint density at radius 3 is 2.37 bits per heavy atom. The third kappa shape index (κ3) is 3.06. The van der Waals surface area contributed by atoms with Crippen molar-refractivity contribution in [3.63, 3.8) is 0 Å². The van der Waals surface area contributed by atoms with E-state index in [0.29, 0.717) is 6.54 Å². The fourth-order valence-electron chi connectivity index (χ4n) is 2.63. The van der Waals surface area contributed by atoms with E-state index in [1.165, 1.54) is 16.7 Å². The second-order valence-electron chi connectivity index (χ2n) is 5.05. The second-order valence-corrected chi connectivity index (χ2v) is 5.05. The van der Waals surface area contributed by atoms with E-state index >= 15 is 0 Å². The predicted molar refractivity (Wildman–Crippen MR) is 77.9 cm³/mol. The Morgan fingerprint density at radius 2 is 1.84 bits per heavy atom. The van der Waals surface area contributed by atoms with Gasteiger partial charge in [-0.3, -0.25) is 4.90 Å². The monoisotopic (exact) mass is 258 g/mol. The average molecular weight is 258 g/mol. The number of rotatable bonds is 5. The summed E-state index contributed by atoms with van der Waals surface area (Å²) in [4.78, 5) is 2.24. The summed E-state index contributed by atoms with van der Waals surface area (Å²) in [6.07, 6.45) is 1.71. The van der Waals surface area contributed by atoms with Gasteiger partial charge < -0.3 is 10.2 Å². The van der Waals surface area contributed by atoms with E-state index in [9.17, 15) is 0 Å². The average Bonchev–Trinajstić information content (AvgIpc) is 2.86. The van der Waals surface area contributed by atoms with Gasteiger partial charge in [-0.05, 0) is 49.7 Å². The van der Waals surface area contributed by atoms with Crippen molar-refractivity contribution in [3.05, 3.63) is 59.0 Å². The Morgan fingerprint density at radius 1 is 1.16 bits per heavy atom. The molecule has 0 saturated carbocycles. The lowest BCUT2D eigenvalue weighted by molar-refractivity contribution is 0.221. The van der Waals surface area contributed by atoms with Crippen LogP contribution in [0.4, 0.5) is 0 Å². The van der Waals surface area contributed by atoms with Gasteiger partial charge in [0.1, 0.15) is 5.76 Å². The van der Waals surface area contributed by atoms with Gasteiger partial charge in [0.05, 0.1) is 12.8 Å². The molecule has 0 aliphatic rings. The van der Waals surface area contributed by atoms with E-state index in [1.54, 1.807) is 6.26 Å². The van der Waals surface area contributed by atoms with Gasteiger partial charge in [-0.15, -0.1) is 0 Å². The van der Waals surface area contributed by atoms with Crippen molar-refractivity contribution >= 4 is 0 Å². The predicted octanol–water partition coefficient (Wildman–Crippen LogP) is 3.03. The van der Waals surface area contributed by atoms with Crippen LogP contribution in [-0.4, -0.2) is 18.5 Å². The van der Waals surface area contributed by atoms with Crippen LogP contribution in [0.15, 0.2) is 41.0 Å². The number of hydrogen-bond donors (Lipinski definition) is 1. The van der Waals surface area contributed by atoms with Crippen LogP contribution in [0.25, 0.3) is 0 Å². The van der Waals surface area contributed by atoms with Crippen LogP contribution in [0, 0.1) is 13.8 Å². The van der Waals surface area contributed by atoms with Crippen LogP contribution in [0.5, 0.6) is 0 Å². The molecule has 0 saturated heterocycles. The molecule has 1 aromatic heterocycles. The van der Waals surface area contributed by atoms with E-state index in [2.05, 4.69) is 44.0 Å². The van der Waals surface area contributed by atoms with Gasteiger partial charge in [0.15, 0.2) is 0 Å². The van der Waals surface area contributed by atoms with E-state index in [-0.39, 0.29) is 6.04 Å². The van der Waals surface area contributed by atoms with Crippen LogP contribution in [0.1, 0.15) is 28.5 Å². The third-order valence-electron chi connectivity index (χ3n) is 3.62. The molecule has 0 radical (unpaired) electrons. The SMILES string of the molecule is Cc1cccc(C)c1C(CN)N(C)Cc1ccco1. The Balaban J connectivity index is 2.24.